The molecule has 68 valence electrons. The Bertz CT molecular complexity index is 337. The van der Waals surface area contributed by atoms with Crippen LogP contribution >= 0.6 is 0 Å². The Balaban J connectivity index is 2.96. The largest absolute Gasteiger partial charge is 0.237 e. The molecule has 1 rings (SSSR count). The highest BCUT2D eigenvalue weighted by Crippen LogP contribution is 2.09. The summed E-state index contributed by atoms with van der Waals surface area (Å²) in [5, 5.41) is 0. The van der Waals surface area contributed by atoms with Gasteiger partial charge in [-0.2, -0.15) is 0 Å². The van der Waals surface area contributed by atoms with Gasteiger partial charge in [-0.15, -0.1) is 0 Å². The van der Waals surface area contributed by atoms with Crippen molar-refractivity contribution in [2.75, 3.05) is 0 Å². The van der Waals surface area contributed by atoms with Gasteiger partial charge in [-0.05, 0) is 26.8 Å². The van der Waals surface area contributed by atoms with Crippen LogP contribution in [0.1, 0.15) is 20.8 Å². The molecule has 2 heteroatoms. The Kier molecular flexibility index (Phi) is 2.96. The van der Waals surface area contributed by atoms with E-state index in [2.05, 4.69) is 16.6 Å². The van der Waals surface area contributed by atoms with E-state index >= 15 is 0 Å². The molecule has 0 aromatic rings. The molecule has 13 heavy (non-hydrogen) atoms. The Morgan fingerprint density at radius 3 is 2.62 bits per heavy atom. The van der Waals surface area contributed by atoms with Crippen molar-refractivity contribution in [1.82, 2.24) is 0 Å². The molecule has 0 aromatic heterocycles. The molecular formula is C11H14N2. The van der Waals surface area contributed by atoms with Crippen molar-refractivity contribution in [2.45, 2.75) is 20.8 Å². The number of nitrogens with zero attached hydrogens (tertiary/aromatic N) is 2. The predicted octanol–water partition coefficient (Wildman–Crippen LogP) is 2.90. The van der Waals surface area contributed by atoms with Gasteiger partial charge in [0.25, 0.3) is 0 Å². The molecule has 0 fully saturated rings. The number of dihydropyridines is 1. The van der Waals surface area contributed by atoms with Crippen LogP contribution in [0.4, 0.5) is 0 Å². The first-order chi connectivity index (χ1) is 6.11. The van der Waals surface area contributed by atoms with E-state index < -0.39 is 0 Å². The fourth-order valence-electron chi connectivity index (χ4n) is 0.802. The molecule has 1 heterocycles. The summed E-state index contributed by atoms with van der Waals surface area (Å²) < 4.78 is 0. The number of amidine groups is 1. The van der Waals surface area contributed by atoms with E-state index in [9.17, 15) is 0 Å². The lowest BCUT2D eigenvalue weighted by atomic mass is 10.2. The molecule has 0 bridgehead atoms. The van der Waals surface area contributed by atoms with Crippen molar-refractivity contribution in [3.05, 3.63) is 35.6 Å². The zero-order chi connectivity index (χ0) is 9.84. The summed E-state index contributed by atoms with van der Waals surface area (Å²) in [6, 6.07) is 0. The normalized spacial score (nSPS) is 18.1. The molecule has 0 saturated heterocycles. The Morgan fingerprint density at radius 2 is 2.08 bits per heavy atom. The summed E-state index contributed by atoms with van der Waals surface area (Å²) in [5.41, 5.74) is 3.07. The molecule has 0 spiro atoms. The maximum absolute atomic E-state index is 4.36. The highest BCUT2D eigenvalue weighted by Gasteiger charge is 2.02. The van der Waals surface area contributed by atoms with Gasteiger partial charge in [-0.25, -0.2) is 9.98 Å². The summed E-state index contributed by atoms with van der Waals surface area (Å²) >= 11 is 0. The van der Waals surface area contributed by atoms with Crippen molar-refractivity contribution < 1.29 is 0 Å². The summed E-state index contributed by atoms with van der Waals surface area (Å²) in [5.74, 6) is 0.709. The predicted molar refractivity (Wildman–Crippen MR) is 58.3 cm³/mol. The number of rotatable bonds is 1. The maximum atomic E-state index is 4.36. The quantitative estimate of drug-likeness (QED) is 0.584. The zero-order valence-corrected chi connectivity index (χ0v) is 8.33. The van der Waals surface area contributed by atoms with E-state index in [1.807, 2.05) is 32.9 Å². The van der Waals surface area contributed by atoms with Crippen LogP contribution < -0.4 is 0 Å². The summed E-state index contributed by atoms with van der Waals surface area (Å²) in [4.78, 5) is 8.50. The molecule has 0 aliphatic carbocycles. The van der Waals surface area contributed by atoms with E-state index in [0.717, 1.165) is 11.3 Å². The van der Waals surface area contributed by atoms with Gasteiger partial charge in [-0.3, -0.25) is 0 Å². The van der Waals surface area contributed by atoms with Crippen LogP contribution in [-0.2, 0) is 0 Å². The number of hydrogen-bond acceptors (Lipinski definition) is 1. The molecular weight excluding hydrogens is 160 g/mol. The van der Waals surface area contributed by atoms with E-state index in [0.29, 0.717) is 5.84 Å². The Labute approximate surface area is 79.1 Å². The second-order valence-electron chi connectivity index (χ2n) is 3.18. The van der Waals surface area contributed by atoms with Gasteiger partial charge in [0.15, 0.2) is 5.84 Å². The van der Waals surface area contributed by atoms with Crippen LogP contribution in [0.25, 0.3) is 0 Å². The third kappa shape index (κ3) is 2.51. The average Bonchev–Trinajstić information content (AvgIpc) is 2.08. The molecule has 0 amide bonds. The van der Waals surface area contributed by atoms with Gasteiger partial charge in [0, 0.05) is 17.5 Å². The first kappa shape index (κ1) is 9.65. The topological polar surface area (TPSA) is 24.7 Å². The van der Waals surface area contributed by atoms with E-state index in [4.69, 9.17) is 0 Å². The third-order valence-electron chi connectivity index (χ3n) is 1.86. The van der Waals surface area contributed by atoms with Gasteiger partial charge in [0.2, 0.25) is 0 Å². The maximum Gasteiger partial charge on any atom is 0.158 e. The second-order valence-corrected chi connectivity index (χ2v) is 3.18. The monoisotopic (exact) mass is 174 g/mol. The van der Waals surface area contributed by atoms with Crippen LogP contribution in [0.3, 0.4) is 0 Å². The van der Waals surface area contributed by atoms with Crippen molar-refractivity contribution in [3.8, 4) is 0 Å². The highest BCUT2D eigenvalue weighted by molar-refractivity contribution is 6.08. The van der Waals surface area contributed by atoms with Crippen molar-refractivity contribution in [1.29, 1.82) is 0 Å². The minimum atomic E-state index is 0.709. The Hall–Kier alpha value is -1.44. The van der Waals surface area contributed by atoms with E-state index in [-0.39, 0.29) is 0 Å². The minimum Gasteiger partial charge on any atom is -0.237 e. The van der Waals surface area contributed by atoms with E-state index in [1.54, 1.807) is 6.21 Å². The van der Waals surface area contributed by atoms with Crippen LogP contribution in [0.15, 0.2) is 45.6 Å². The SMILES string of the molecule is C=C1C=CC=NC1=NC(C)=C(C)C. The van der Waals surface area contributed by atoms with E-state index in [1.165, 1.54) is 5.57 Å². The van der Waals surface area contributed by atoms with Gasteiger partial charge in [0.1, 0.15) is 0 Å². The van der Waals surface area contributed by atoms with Crippen LogP contribution in [0.5, 0.6) is 0 Å². The van der Waals surface area contributed by atoms with Gasteiger partial charge < -0.3 is 0 Å². The van der Waals surface area contributed by atoms with Crippen LogP contribution in [0.2, 0.25) is 0 Å². The lowest BCUT2D eigenvalue weighted by molar-refractivity contribution is 1.18. The van der Waals surface area contributed by atoms with Crippen LogP contribution in [0, 0.1) is 0 Å². The lowest BCUT2D eigenvalue weighted by Crippen LogP contribution is -2.00. The molecule has 0 unspecified atom stereocenters. The molecule has 0 radical (unpaired) electrons. The molecule has 0 saturated carbocycles. The smallest absolute Gasteiger partial charge is 0.158 e. The number of aliphatic imine (C=N–C) groups is 2. The van der Waals surface area contributed by atoms with Crippen LogP contribution in [-0.4, -0.2) is 12.1 Å². The Morgan fingerprint density at radius 1 is 1.38 bits per heavy atom. The first-order valence-electron chi connectivity index (χ1n) is 4.24. The zero-order valence-electron chi connectivity index (χ0n) is 8.33. The fraction of sp³-hybridized carbons (Fsp3) is 0.273. The molecule has 0 aromatic carbocycles. The van der Waals surface area contributed by atoms with Crippen molar-refractivity contribution in [2.24, 2.45) is 9.98 Å². The summed E-state index contributed by atoms with van der Waals surface area (Å²) in [7, 11) is 0. The van der Waals surface area contributed by atoms with Crippen molar-refractivity contribution >= 4 is 12.1 Å². The fourth-order valence-corrected chi connectivity index (χ4v) is 0.802. The minimum absolute atomic E-state index is 0.709. The second kappa shape index (κ2) is 3.99. The number of hydrogen-bond donors (Lipinski definition) is 0. The summed E-state index contributed by atoms with van der Waals surface area (Å²) in [6.07, 6.45) is 5.50. The highest BCUT2D eigenvalue weighted by atomic mass is 14.9. The van der Waals surface area contributed by atoms with Gasteiger partial charge in [-0.1, -0.05) is 18.2 Å². The molecule has 1 aliphatic heterocycles. The molecule has 1 aliphatic rings. The molecule has 0 N–H and O–H groups in total. The molecule has 2 nitrogen and oxygen atoms in total. The standard InChI is InChI=1S/C11H14N2/c1-8(2)10(4)13-11-9(3)6-5-7-12-11/h5-7H,3H2,1-2,4H3. The third-order valence-corrected chi connectivity index (χ3v) is 1.86. The average molecular weight is 174 g/mol. The summed E-state index contributed by atoms with van der Waals surface area (Å²) in [6.45, 7) is 9.89. The van der Waals surface area contributed by atoms with Crippen molar-refractivity contribution in [3.63, 3.8) is 0 Å². The first-order valence-corrected chi connectivity index (χ1v) is 4.24. The lowest BCUT2D eigenvalue weighted by Gasteiger charge is -2.04. The van der Waals surface area contributed by atoms with Gasteiger partial charge in [0.05, 0.1) is 0 Å². The van der Waals surface area contributed by atoms with Gasteiger partial charge >= 0.3 is 0 Å². The number of allylic oxidation sites excluding steroid dienone is 3. The molecule has 0 atom stereocenters.